The highest BCUT2D eigenvalue weighted by Crippen LogP contribution is 2.25. The van der Waals surface area contributed by atoms with Gasteiger partial charge in [0.25, 0.3) is 5.91 Å². The average Bonchev–Trinajstić information content (AvgIpc) is 2.27. The van der Waals surface area contributed by atoms with Crippen LogP contribution in [-0.2, 0) is 4.79 Å². The van der Waals surface area contributed by atoms with Crippen molar-refractivity contribution >= 4 is 27.8 Å². The van der Waals surface area contributed by atoms with Crippen molar-refractivity contribution in [2.75, 3.05) is 13.7 Å². The van der Waals surface area contributed by atoms with Gasteiger partial charge in [-0.25, -0.2) is 4.79 Å². The molecule has 1 aromatic carbocycles. The zero-order valence-corrected chi connectivity index (χ0v) is 10.1. The van der Waals surface area contributed by atoms with Crippen LogP contribution in [0.25, 0.3) is 0 Å². The minimum Gasteiger partial charge on any atom is -0.483 e. The number of rotatable bonds is 4. The molecule has 0 aliphatic heterocycles. The molecule has 6 heteroatoms. The molecule has 16 heavy (non-hydrogen) atoms. The normalized spacial score (nSPS) is 9.62. The zero-order chi connectivity index (χ0) is 12.1. The Labute approximate surface area is 101 Å². The fourth-order valence-electron chi connectivity index (χ4n) is 0.962. The molecule has 0 radical (unpaired) electrons. The van der Waals surface area contributed by atoms with E-state index >= 15 is 0 Å². The van der Waals surface area contributed by atoms with Crippen molar-refractivity contribution in [2.45, 2.75) is 0 Å². The summed E-state index contributed by atoms with van der Waals surface area (Å²) in [6.45, 7) is -0.155. The molecule has 0 saturated carbocycles. The third kappa shape index (κ3) is 3.23. The lowest BCUT2D eigenvalue weighted by molar-refractivity contribution is -0.122. The van der Waals surface area contributed by atoms with E-state index in [-0.39, 0.29) is 18.1 Å². The molecule has 5 nitrogen and oxygen atoms in total. The van der Waals surface area contributed by atoms with Crippen LogP contribution in [0.5, 0.6) is 5.75 Å². The van der Waals surface area contributed by atoms with E-state index in [1.165, 1.54) is 19.2 Å². The Morgan fingerprint density at radius 3 is 2.75 bits per heavy atom. The van der Waals surface area contributed by atoms with Gasteiger partial charge in [0.15, 0.2) is 6.61 Å². The molecule has 0 aliphatic rings. The quantitative estimate of drug-likeness (QED) is 0.875. The molecular formula is C10H10BrNO4. The van der Waals surface area contributed by atoms with Crippen LogP contribution >= 0.6 is 15.9 Å². The van der Waals surface area contributed by atoms with Crippen molar-refractivity contribution in [3.05, 3.63) is 28.2 Å². The number of amides is 1. The number of benzene rings is 1. The lowest BCUT2D eigenvalue weighted by Gasteiger charge is -2.07. The molecule has 1 rings (SSSR count). The maximum Gasteiger partial charge on any atom is 0.335 e. The number of aromatic carboxylic acids is 1. The van der Waals surface area contributed by atoms with E-state index < -0.39 is 5.97 Å². The summed E-state index contributed by atoms with van der Waals surface area (Å²) in [7, 11) is 1.49. The van der Waals surface area contributed by atoms with Gasteiger partial charge in [-0.2, -0.15) is 0 Å². The van der Waals surface area contributed by atoms with Crippen molar-refractivity contribution < 1.29 is 19.4 Å². The largest absolute Gasteiger partial charge is 0.483 e. The van der Waals surface area contributed by atoms with Gasteiger partial charge in [-0.05, 0) is 34.1 Å². The van der Waals surface area contributed by atoms with Crippen molar-refractivity contribution in [2.24, 2.45) is 0 Å². The van der Waals surface area contributed by atoms with Crippen LogP contribution in [0.1, 0.15) is 10.4 Å². The number of carboxylic acids is 1. The summed E-state index contributed by atoms with van der Waals surface area (Å²) in [5, 5.41) is 11.2. The third-order valence-electron chi connectivity index (χ3n) is 1.82. The second kappa shape index (κ2) is 5.50. The van der Waals surface area contributed by atoms with Crippen LogP contribution in [0.2, 0.25) is 0 Å². The predicted octanol–water partition coefficient (Wildman–Crippen LogP) is 1.27. The fraction of sp³-hybridized carbons (Fsp3) is 0.200. The Bertz CT molecular complexity index is 419. The standard InChI is InChI=1S/C10H10BrNO4/c1-12-9(13)5-16-8-4-6(10(14)15)2-3-7(8)11/h2-4H,5H2,1H3,(H,12,13)(H,14,15). The second-order valence-corrected chi connectivity index (χ2v) is 3.77. The van der Waals surface area contributed by atoms with E-state index in [1.807, 2.05) is 0 Å². The molecule has 2 N–H and O–H groups in total. The number of carboxylic acid groups (broad SMARTS) is 1. The van der Waals surface area contributed by atoms with Crippen LogP contribution in [0.4, 0.5) is 0 Å². The lowest BCUT2D eigenvalue weighted by Crippen LogP contribution is -2.24. The molecule has 0 fully saturated rings. The third-order valence-corrected chi connectivity index (χ3v) is 2.47. The summed E-state index contributed by atoms with van der Waals surface area (Å²) in [6, 6.07) is 4.36. The maximum absolute atomic E-state index is 10.9. The average molecular weight is 288 g/mol. The van der Waals surface area contributed by atoms with Crippen molar-refractivity contribution in [1.29, 1.82) is 0 Å². The lowest BCUT2D eigenvalue weighted by atomic mass is 10.2. The Morgan fingerprint density at radius 2 is 2.19 bits per heavy atom. The van der Waals surface area contributed by atoms with Crippen LogP contribution in [0, 0.1) is 0 Å². The topological polar surface area (TPSA) is 75.6 Å². The molecule has 0 heterocycles. The molecule has 0 saturated heterocycles. The van der Waals surface area contributed by atoms with Gasteiger partial charge in [-0.1, -0.05) is 0 Å². The van der Waals surface area contributed by atoms with Gasteiger partial charge in [0.1, 0.15) is 5.75 Å². The molecule has 86 valence electrons. The van der Waals surface area contributed by atoms with E-state index in [1.54, 1.807) is 6.07 Å². The summed E-state index contributed by atoms with van der Waals surface area (Å²) in [5.74, 6) is -1.01. The molecular weight excluding hydrogens is 278 g/mol. The van der Waals surface area contributed by atoms with Crippen molar-refractivity contribution in [1.82, 2.24) is 5.32 Å². The van der Waals surface area contributed by atoms with Gasteiger partial charge in [0, 0.05) is 7.05 Å². The molecule has 1 aromatic rings. The van der Waals surface area contributed by atoms with E-state index in [4.69, 9.17) is 9.84 Å². The van der Waals surface area contributed by atoms with Gasteiger partial charge in [-0.3, -0.25) is 4.79 Å². The highest BCUT2D eigenvalue weighted by molar-refractivity contribution is 9.10. The van der Waals surface area contributed by atoms with E-state index in [0.29, 0.717) is 10.2 Å². The number of nitrogens with one attached hydrogen (secondary N) is 1. The van der Waals surface area contributed by atoms with Gasteiger partial charge in [0.2, 0.25) is 0 Å². The summed E-state index contributed by atoms with van der Waals surface area (Å²) >= 11 is 3.20. The molecule has 0 atom stereocenters. The van der Waals surface area contributed by atoms with Gasteiger partial charge >= 0.3 is 5.97 Å². The number of carbonyl (C=O) groups excluding carboxylic acids is 1. The van der Waals surface area contributed by atoms with Gasteiger partial charge in [0.05, 0.1) is 10.0 Å². The van der Waals surface area contributed by atoms with Crippen molar-refractivity contribution in [3.63, 3.8) is 0 Å². The number of hydrogen-bond donors (Lipinski definition) is 2. The number of hydrogen-bond acceptors (Lipinski definition) is 3. The Hall–Kier alpha value is -1.56. The smallest absolute Gasteiger partial charge is 0.335 e. The second-order valence-electron chi connectivity index (χ2n) is 2.91. The van der Waals surface area contributed by atoms with Crippen molar-refractivity contribution in [3.8, 4) is 5.75 Å². The monoisotopic (exact) mass is 287 g/mol. The first-order valence-corrected chi connectivity index (χ1v) is 5.20. The molecule has 1 amide bonds. The minimum absolute atomic E-state index is 0.107. The molecule has 0 unspecified atom stereocenters. The number of ether oxygens (including phenoxy) is 1. The van der Waals surface area contributed by atoms with Crippen LogP contribution in [-0.4, -0.2) is 30.6 Å². The van der Waals surface area contributed by atoms with E-state index in [0.717, 1.165) is 0 Å². The summed E-state index contributed by atoms with van der Waals surface area (Å²) in [5.41, 5.74) is 0.107. The summed E-state index contributed by atoms with van der Waals surface area (Å²) in [6.07, 6.45) is 0. The first-order valence-electron chi connectivity index (χ1n) is 4.41. The highest BCUT2D eigenvalue weighted by Gasteiger charge is 2.09. The van der Waals surface area contributed by atoms with E-state index in [2.05, 4.69) is 21.2 Å². The van der Waals surface area contributed by atoms with Gasteiger partial charge < -0.3 is 15.2 Å². The fourth-order valence-corrected chi connectivity index (χ4v) is 1.32. The summed E-state index contributed by atoms with van der Waals surface area (Å²) < 4.78 is 5.76. The molecule has 0 aromatic heterocycles. The Morgan fingerprint density at radius 1 is 1.50 bits per heavy atom. The molecule has 0 bridgehead atoms. The first-order chi connectivity index (χ1) is 7.54. The Kier molecular flexibility index (Phi) is 4.30. The number of likely N-dealkylation sites (N-methyl/N-ethyl adjacent to an activating group) is 1. The highest BCUT2D eigenvalue weighted by atomic mass is 79.9. The zero-order valence-electron chi connectivity index (χ0n) is 8.49. The van der Waals surface area contributed by atoms with Crippen LogP contribution in [0.3, 0.4) is 0 Å². The first kappa shape index (κ1) is 12.5. The molecule has 0 aliphatic carbocycles. The van der Waals surface area contributed by atoms with Crippen LogP contribution in [0.15, 0.2) is 22.7 Å². The minimum atomic E-state index is -1.04. The SMILES string of the molecule is CNC(=O)COc1cc(C(=O)O)ccc1Br. The maximum atomic E-state index is 10.9. The van der Waals surface area contributed by atoms with Gasteiger partial charge in [-0.15, -0.1) is 0 Å². The predicted molar refractivity (Wildman–Crippen MR) is 60.7 cm³/mol. The molecule has 0 spiro atoms. The Balaban J connectivity index is 2.82. The number of carbonyl (C=O) groups is 2. The number of halogens is 1. The van der Waals surface area contributed by atoms with E-state index in [9.17, 15) is 9.59 Å². The van der Waals surface area contributed by atoms with Crippen LogP contribution < -0.4 is 10.1 Å². The summed E-state index contributed by atoms with van der Waals surface area (Å²) in [4.78, 5) is 21.7.